The summed E-state index contributed by atoms with van der Waals surface area (Å²) < 4.78 is 0. The van der Waals surface area contributed by atoms with Crippen LogP contribution in [0.4, 0.5) is 10.5 Å². The van der Waals surface area contributed by atoms with Gasteiger partial charge in [0, 0.05) is 28.7 Å². The second-order valence-corrected chi connectivity index (χ2v) is 6.38. The van der Waals surface area contributed by atoms with E-state index in [1.807, 2.05) is 42.5 Å². The molecule has 3 rings (SSSR count). The standard InChI is InChI=1S/C20H23N3O/c1-14(2)11-12-21-20(24)23-18-10-6-4-8-16(18)19-13-15-7-3-5-9-17(15)22-19/h3-10,13-14,22H,11-12H2,1-2H3,(H2,21,23,24). The van der Waals surface area contributed by atoms with Gasteiger partial charge >= 0.3 is 6.03 Å². The molecule has 0 atom stereocenters. The molecule has 4 nitrogen and oxygen atoms in total. The van der Waals surface area contributed by atoms with E-state index >= 15 is 0 Å². The molecule has 2 amide bonds. The average Bonchev–Trinajstić information content (AvgIpc) is 2.98. The SMILES string of the molecule is CC(C)CCNC(=O)Nc1ccccc1-c1cc2ccccc2[nH]1. The number of hydrogen-bond acceptors (Lipinski definition) is 1. The van der Waals surface area contributed by atoms with Crippen LogP contribution in [-0.4, -0.2) is 17.6 Å². The van der Waals surface area contributed by atoms with E-state index in [-0.39, 0.29) is 6.03 Å². The van der Waals surface area contributed by atoms with Crippen LogP contribution in [0.15, 0.2) is 54.6 Å². The number of urea groups is 1. The van der Waals surface area contributed by atoms with E-state index in [9.17, 15) is 4.79 Å². The van der Waals surface area contributed by atoms with Crippen molar-refractivity contribution < 1.29 is 4.79 Å². The zero-order chi connectivity index (χ0) is 16.9. The van der Waals surface area contributed by atoms with Crippen LogP contribution in [0.2, 0.25) is 0 Å². The molecule has 0 radical (unpaired) electrons. The van der Waals surface area contributed by atoms with E-state index in [4.69, 9.17) is 0 Å². The molecule has 2 aromatic carbocycles. The number of para-hydroxylation sites is 2. The third-order valence-electron chi connectivity index (χ3n) is 4.00. The fourth-order valence-electron chi connectivity index (χ4n) is 2.69. The first kappa shape index (κ1) is 16.1. The van der Waals surface area contributed by atoms with Crippen molar-refractivity contribution in [1.82, 2.24) is 10.3 Å². The molecule has 1 aromatic heterocycles. The minimum atomic E-state index is -0.167. The molecule has 0 spiro atoms. The first-order chi connectivity index (χ1) is 11.6. The monoisotopic (exact) mass is 321 g/mol. The van der Waals surface area contributed by atoms with E-state index in [1.165, 1.54) is 0 Å². The number of rotatable bonds is 5. The molecule has 0 unspecified atom stereocenters. The van der Waals surface area contributed by atoms with Gasteiger partial charge in [-0.15, -0.1) is 0 Å². The Morgan fingerprint density at radius 1 is 1.08 bits per heavy atom. The van der Waals surface area contributed by atoms with E-state index in [1.54, 1.807) is 0 Å². The van der Waals surface area contributed by atoms with Crippen LogP contribution in [0, 0.1) is 5.92 Å². The van der Waals surface area contributed by atoms with Crippen molar-refractivity contribution in [3.63, 3.8) is 0 Å². The van der Waals surface area contributed by atoms with Crippen molar-refractivity contribution in [1.29, 1.82) is 0 Å². The number of anilines is 1. The van der Waals surface area contributed by atoms with Crippen LogP contribution < -0.4 is 10.6 Å². The Morgan fingerprint density at radius 3 is 2.62 bits per heavy atom. The number of aromatic amines is 1. The quantitative estimate of drug-likeness (QED) is 0.608. The van der Waals surface area contributed by atoms with Gasteiger partial charge in [0.25, 0.3) is 0 Å². The van der Waals surface area contributed by atoms with Gasteiger partial charge in [-0.1, -0.05) is 50.2 Å². The number of carbonyl (C=O) groups excluding carboxylic acids is 1. The molecule has 0 fully saturated rings. The molecule has 3 N–H and O–H groups in total. The average molecular weight is 321 g/mol. The maximum Gasteiger partial charge on any atom is 0.319 e. The Morgan fingerprint density at radius 2 is 1.83 bits per heavy atom. The van der Waals surface area contributed by atoms with Gasteiger partial charge in [0.1, 0.15) is 0 Å². The Hall–Kier alpha value is -2.75. The zero-order valence-corrected chi connectivity index (χ0v) is 14.1. The van der Waals surface area contributed by atoms with Gasteiger partial charge in [-0.3, -0.25) is 0 Å². The van der Waals surface area contributed by atoms with Gasteiger partial charge in [0.05, 0.1) is 5.69 Å². The van der Waals surface area contributed by atoms with Crippen molar-refractivity contribution >= 4 is 22.6 Å². The number of nitrogens with one attached hydrogen (secondary N) is 3. The number of fused-ring (bicyclic) bond motifs is 1. The largest absolute Gasteiger partial charge is 0.354 e. The predicted molar refractivity (Wildman–Crippen MR) is 100 cm³/mol. The van der Waals surface area contributed by atoms with Gasteiger partial charge in [-0.25, -0.2) is 4.79 Å². The number of amides is 2. The third-order valence-corrected chi connectivity index (χ3v) is 4.00. The van der Waals surface area contributed by atoms with E-state index in [0.717, 1.165) is 34.3 Å². The van der Waals surface area contributed by atoms with Gasteiger partial charge in [-0.2, -0.15) is 0 Å². The highest BCUT2D eigenvalue weighted by Gasteiger charge is 2.10. The van der Waals surface area contributed by atoms with Crippen LogP contribution in [0.3, 0.4) is 0 Å². The van der Waals surface area contributed by atoms with Crippen molar-refractivity contribution in [3.05, 3.63) is 54.6 Å². The molecule has 0 aliphatic heterocycles. The smallest absolute Gasteiger partial charge is 0.319 e. The molecule has 3 aromatic rings. The van der Waals surface area contributed by atoms with Gasteiger partial charge in [0.2, 0.25) is 0 Å². The number of hydrogen-bond donors (Lipinski definition) is 3. The van der Waals surface area contributed by atoms with Gasteiger partial charge < -0.3 is 15.6 Å². The summed E-state index contributed by atoms with van der Waals surface area (Å²) in [6.45, 7) is 4.97. The summed E-state index contributed by atoms with van der Waals surface area (Å²) in [5, 5.41) is 7.02. The zero-order valence-electron chi connectivity index (χ0n) is 14.1. The lowest BCUT2D eigenvalue weighted by Crippen LogP contribution is -2.30. The summed E-state index contributed by atoms with van der Waals surface area (Å²) in [7, 11) is 0. The van der Waals surface area contributed by atoms with Crippen LogP contribution in [-0.2, 0) is 0 Å². The summed E-state index contributed by atoms with van der Waals surface area (Å²) >= 11 is 0. The van der Waals surface area contributed by atoms with E-state index in [2.05, 4.69) is 41.6 Å². The first-order valence-corrected chi connectivity index (χ1v) is 8.35. The second-order valence-electron chi connectivity index (χ2n) is 6.38. The molecule has 0 aliphatic rings. The maximum atomic E-state index is 12.1. The lowest BCUT2D eigenvalue weighted by molar-refractivity contribution is 0.251. The second kappa shape index (κ2) is 7.21. The van der Waals surface area contributed by atoms with E-state index < -0.39 is 0 Å². The highest BCUT2D eigenvalue weighted by molar-refractivity contribution is 5.96. The predicted octanol–water partition coefficient (Wildman–Crippen LogP) is 5.00. The summed E-state index contributed by atoms with van der Waals surface area (Å²) in [5.41, 5.74) is 3.86. The third kappa shape index (κ3) is 3.77. The van der Waals surface area contributed by atoms with Crippen LogP contribution >= 0.6 is 0 Å². The molecule has 1 heterocycles. The Bertz CT molecular complexity index is 803. The van der Waals surface area contributed by atoms with Gasteiger partial charge in [-0.05, 0) is 30.5 Å². The van der Waals surface area contributed by atoms with Crippen LogP contribution in [0.1, 0.15) is 20.3 Å². The van der Waals surface area contributed by atoms with Crippen LogP contribution in [0.5, 0.6) is 0 Å². The van der Waals surface area contributed by atoms with Gasteiger partial charge in [0.15, 0.2) is 0 Å². The van der Waals surface area contributed by atoms with Crippen molar-refractivity contribution in [2.24, 2.45) is 5.92 Å². The normalized spacial score (nSPS) is 11.0. The highest BCUT2D eigenvalue weighted by atomic mass is 16.2. The summed E-state index contributed by atoms with van der Waals surface area (Å²) in [4.78, 5) is 15.5. The molecule has 0 bridgehead atoms. The van der Waals surface area contributed by atoms with Crippen LogP contribution in [0.25, 0.3) is 22.2 Å². The number of carbonyl (C=O) groups is 1. The summed E-state index contributed by atoms with van der Waals surface area (Å²) in [6.07, 6.45) is 0.969. The van der Waals surface area contributed by atoms with Crippen molar-refractivity contribution in [2.75, 3.05) is 11.9 Å². The number of aromatic nitrogens is 1. The summed E-state index contributed by atoms with van der Waals surface area (Å²) in [5.74, 6) is 0.573. The Balaban J connectivity index is 1.79. The van der Waals surface area contributed by atoms with Crippen molar-refractivity contribution in [2.45, 2.75) is 20.3 Å². The molecule has 124 valence electrons. The molecule has 0 saturated carbocycles. The topological polar surface area (TPSA) is 56.9 Å². The lowest BCUT2D eigenvalue weighted by atomic mass is 10.1. The molecule has 24 heavy (non-hydrogen) atoms. The number of H-pyrrole nitrogens is 1. The molecular weight excluding hydrogens is 298 g/mol. The summed E-state index contributed by atoms with van der Waals surface area (Å²) in [6, 6.07) is 17.9. The molecular formula is C20H23N3O. The van der Waals surface area contributed by atoms with Crippen molar-refractivity contribution in [3.8, 4) is 11.3 Å². The fourth-order valence-corrected chi connectivity index (χ4v) is 2.69. The molecule has 0 saturated heterocycles. The fraction of sp³-hybridized carbons (Fsp3) is 0.250. The minimum Gasteiger partial charge on any atom is -0.354 e. The molecule has 4 heteroatoms. The minimum absolute atomic E-state index is 0.167. The lowest BCUT2D eigenvalue weighted by Gasteiger charge is -2.12. The first-order valence-electron chi connectivity index (χ1n) is 8.35. The Kier molecular flexibility index (Phi) is 4.85. The molecule has 0 aliphatic carbocycles. The highest BCUT2D eigenvalue weighted by Crippen LogP contribution is 2.29. The van der Waals surface area contributed by atoms with E-state index in [0.29, 0.717) is 12.5 Å². The number of benzene rings is 2. The Labute approximate surface area is 142 Å². The maximum absolute atomic E-state index is 12.1.